The molecule has 0 N–H and O–H groups in total. The van der Waals surface area contributed by atoms with Crippen molar-refractivity contribution in [2.24, 2.45) is 4.99 Å². The van der Waals surface area contributed by atoms with E-state index in [-0.39, 0.29) is 25.6 Å². The van der Waals surface area contributed by atoms with Crippen LogP contribution in [0.2, 0.25) is 0 Å². The minimum atomic E-state index is -3.86. The summed E-state index contributed by atoms with van der Waals surface area (Å²) >= 11 is 0. The highest BCUT2D eigenvalue weighted by Gasteiger charge is 2.50. The van der Waals surface area contributed by atoms with Crippen LogP contribution in [0.15, 0.2) is 53.5 Å². The third kappa shape index (κ3) is 3.60. The van der Waals surface area contributed by atoms with Crippen LogP contribution in [0.1, 0.15) is 36.1 Å². The van der Waals surface area contributed by atoms with Gasteiger partial charge in [-0.05, 0) is 29.7 Å². The molecule has 2 aliphatic heterocycles. The summed E-state index contributed by atoms with van der Waals surface area (Å²) in [5, 5.41) is -1.08. The predicted octanol–water partition coefficient (Wildman–Crippen LogP) is 3.07. The number of carbonyl (C=O) groups is 1. The summed E-state index contributed by atoms with van der Waals surface area (Å²) in [5.74, 6) is 0.749. The van der Waals surface area contributed by atoms with Crippen molar-refractivity contribution >= 4 is 21.6 Å². The lowest BCUT2D eigenvalue weighted by Gasteiger charge is -2.15. The lowest BCUT2D eigenvalue weighted by Crippen LogP contribution is -2.32. The minimum absolute atomic E-state index is 0.0602. The van der Waals surface area contributed by atoms with Crippen molar-refractivity contribution in [3.05, 3.63) is 59.7 Å². The molecule has 152 valence electrons. The number of sulfonamides is 1. The molecular formula is C21H22N2O5S. The number of hydrogen-bond acceptors (Lipinski definition) is 6. The van der Waals surface area contributed by atoms with Crippen LogP contribution in [0.25, 0.3) is 0 Å². The fourth-order valence-corrected chi connectivity index (χ4v) is 5.40. The molecule has 1 unspecified atom stereocenters. The van der Waals surface area contributed by atoms with Crippen LogP contribution < -0.4 is 9.47 Å². The SMILES string of the molecule is CCCCN1C(=O)C(=NCc2ccc3c(c2)OCO3)C(c2ccccc2)S1(=O)=O. The van der Waals surface area contributed by atoms with Gasteiger partial charge in [0.1, 0.15) is 5.71 Å². The second-order valence-electron chi connectivity index (χ2n) is 6.96. The van der Waals surface area contributed by atoms with Crippen LogP contribution >= 0.6 is 0 Å². The van der Waals surface area contributed by atoms with Crippen LogP contribution in [0.5, 0.6) is 11.5 Å². The van der Waals surface area contributed by atoms with Crippen molar-refractivity contribution in [3.63, 3.8) is 0 Å². The Kier molecular flexibility index (Phi) is 5.27. The maximum atomic E-state index is 13.2. The van der Waals surface area contributed by atoms with Crippen LogP contribution in [0.3, 0.4) is 0 Å². The summed E-state index contributed by atoms with van der Waals surface area (Å²) in [4.78, 5) is 17.5. The molecule has 2 heterocycles. The smallest absolute Gasteiger partial charge is 0.283 e. The molecule has 8 heteroatoms. The minimum Gasteiger partial charge on any atom is -0.454 e. The first-order valence-electron chi connectivity index (χ1n) is 9.56. The van der Waals surface area contributed by atoms with Gasteiger partial charge in [-0.3, -0.25) is 9.79 Å². The molecule has 2 aliphatic rings. The highest BCUT2D eigenvalue weighted by atomic mass is 32.2. The van der Waals surface area contributed by atoms with Gasteiger partial charge < -0.3 is 9.47 Å². The van der Waals surface area contributed by atoms with E-state index in [9.17, 15) is 13.2 Å². The Hall–Kier alpha value is -2.87. The fourth-order valence-electron chi connectivity index (χ4n) is 3.48. The molecule has 29 heavy (non-hydrogen) atoms. The molecule has 0 bridgehead atoms. The van der Waals surface area contributed by atoms with E-state index in [2.05, 4.69) is 4.99 Å². The zero-order chi connectivity index (χ0) is 20.4. The van der Waals surface area contributed by atoms with Crippen LogP contribution in [0, 0.1) is 0 Å². The maximum absolute atomic E-state index is 13.2. The lowest BCUT2D eigenvalue weighted by molar-refractivity contribution is -0.119. The lowest BCUT2D eigenvalue weighted by atomic mass is 10.1. The van der Waals surface area contributed by atoms with Crippen LogP contribution in [-0.4, -0.2) is 37.7 Å². The van der Waals surface area contributed by atoms with Crippen LogP contribution in [0.4, 0.5) is 0 Å². The van der Waals surface area contributed by atoms with Crippen molar-refractivity contribution < 1.29 is 22.7 Å². The predicted molar refractivity (Wildman–Crippen MR) is 108 cm³/mol. The second-order valence-corrected chi connectivity index (χ2v) is 8.90. The summed E-state index contributed by atoms with van der Waals surface area (Å²) in [6.45, 7) is 2.48. The monoisotopic (exact) mass is 414 g/mol. The molecule has 4 rings (SSSR count). The maximum Gasteiger partial charge on any atom is 0.283 e. The number of nitrogens with zero attached hydrogens (tertiary/aromatic N) is 2. The Balaban J connectivity index is 1.70. The van der Waals surface area contributed by atoms with Gasteiger partial charge in [0, 0.05) is 6.54 Å². The van der Waals surface area contributed by atoms with E-state index in [1.807, 2.05) is 19.1 Å². The molecule has 2 aromatic rings. The van der Waals surface area contributed by atoms with Gasteiger partial charge in [-0.2, -0.15) is 0 Å². The van der Waals surface area contributed by atoms with Crippen molar-refractivity contribution in [2.75, 3.05) is 13.3 Å². The number of ether oxygens (including phenoxy) is 2. The number of benzene rings is 2. The summed E-state index contributed by atoms with van der Waals surface area (Å²) in [7, 11) is -3.86. The number of unbranched alkanes of at least 4 members (excludes halogenated alkanes) is 1. The van der Waals surface area contributed by atoms with Gasteiger partial charge in [0.05, 0.1) is 6.54 Å². The van der Waals surface area contributed by atoms with E-state index >= 15 is 0 Å². The molecule has 7 nitrogen and oxygen atoms in total. The number of carbonyl (C=O) groups excluding carboxylic acids is 1. The summed E-state index contributed by atoms with van der Waals surface area (Å²) in [5.41, 5.74) is 1.42. The molecule has 0 spiro atoms. The van der Waals surface area contributed by atoms with E-state index in [0.29, 0.717) is 23.5 Å². The highest BCUT2D eigenvalue weighted by Crippen LogP contribution is 2.36. The zero-order valence-corrected chi connectivity index (χ0v) is 16.9. The molecule has 1 amide bonds. The first-order chi connectivity index (χ1) is 14.0. The molecule has 0 aromatic heterocycles. The molecule has 1 atom stereocenters. The molecule has 2 aromatic carbocycles. The zero-order valence-electron chi connectivity index (χ0n) is 16.1. The van der Waals surface area contributed by atoms with Crippen molar-refractivity contribution in [1.29, 1.82) is 0 Å². The average Bonchev–Trinajstić information content (AvgIpc) is 3.25. The van der Waals surface area contributed by atoms with Crippen LogP contribution in [-0.2, 0) is 21.4 Å². The molecule has 1 fully saturated rings. The van der Waals surface area contributed by atoms with Gasteiger partial charge in [-0.1, -0.05) is 49.7 Å². The topological polar surface area (TPSA) is 85.3 Å². The Bertz CT molecular complexity index is 1050. The third-order valence-corrected chi connectivity index (χ3v) is 7.04. The summed E-state index contributed by atoms with van der Waals surface area (Å²) in [6.07, 6.45) is 1.40. The summed E-state index contributed by atoms with van der Waals surface area (Å²) < 4.78 is 38.0. The van der Waals surface area contributed by atoms with Crippen molar-refractivity contribution in [3.8, 4) is 11.5 Å². The molecule has 0 aliphatic carbocycles. The molecule has 1 saturated heterocycles. The number of aliphatic imine (C=N–C) groups is 1. The molecule has 0 saturated carbocycles. The van der Waals surface area contributed by atoms with Gasteiger partial charge in [0.2, 0.25) is 6.79 Å². The van der Waals surface area contributed by atoms with E-state index in [4.69, 9.17) is 9.47 Å². The van der Waals surface area contributed by atoms with Gasteiger partial charge >= 0.3 is 0 Å². The number of amides is 1. The van der Waals surface area contributed by atoms with E-state index < -0.39 is 21.2 Å². The molecule has 0 radical (unpaired) electrons. The number of rotatable bonds is 6. The fraction of sp³-hybridized carbons (Fsp3) is 0.333. The van der Waals surface area contributed by atoms with E-state index in [0.717, 1.165) is 16.3 Å². The van der Waals surface area contributed by atoms with Gasteiger partial charge in [0.25, 0.3) is 15.9 Å². The van der Waals surface area contributed by atoms with E-state index in [1.54, 1.807) is 36.4 Å². The Morgan fingerprint density at radius 3 is 2.62 bits per heavy atom. The first-order valence-corrected chi connectivity index (χ1v) is 11.1. The highest BCUT2D eigenvalue weighted by molar-refractivity contribution is 7.91. The molecular weight excluding hydrogens is 392 g/mol. The normalized spacial score (nSPS) is 21.1. The van der Waals surface area contributed by atoms with Gasteiger partial charge in [-0.15, -0.1) is 0 Å². The van der Waals surface area contributed by atoms with Gasteiger partial charge in [0.15, 0.2) is 16.7 Å². The Morgan fingerprint density at radius 1 is 1.10 bits per heavy atom. The number of hydrogen-bond donors (Lipinski definition) is 0. The second kappa shape index (κ2) is 7.87. The standard InChI is InChI=1S/C21H22N2O5S/c1-2-3-11-23-21(24)19(20(29(23,25)26)16-7-5-4-6-8-16)22-13-15-9-10-17-18(12-15)28-14-27-17/h4-10,12,20H,2-3,11,13-14H2,1H3. The third-order valence-electron chi connectivity index (χ3n) is 4.99. The average molecular weight is 414 g/mol. The number of fused-ring (bicyclic) bond motifs is 1. The van der Waals surface area contributed by atoms with Crippen molar-refractivity contribution in [2.45, 2.75) is 31.6 Å². The van der Waals surface area contributed by atoms with E-state index in [1.165, 1.54) is 0 Å². The Labute approximate surface area is 170 Å². The Morgan fingerprint density at radius 2 is 1.86 bits per heavy atom. The quantitative estimate of drug-likeness (QED) is 0.725. The first kappa shape index (κ1) is 19.4. The largest absolute Gasteiger partial charge is 0.454 e. The van der Waals surface area contributed by atoms with Crippen molar-refractivity contribution in [1.82, 2.24) is 4.31 Å². The summed E-state index contributed by atoms with van der Waals surface area (Å²) in [6, 6.07) is 14.2. The van der Waals surface area contributed by atoms with Gasteiger partial charge in [-0.25, -0.2) is 12.7 Å².